The van der Waals surface area contributed by atoms with Crippen molar-refractivity contribution in [1.82, 2.24) is 10.3 Å². The fraction of sp³-hybridized carbons (Fsp3) is 0.538. The fourth-order valence-corrected chi connectivity index (χ4v) is 2.04. The summed E-state index contributed by atoms with van der Waals surface area (Å²) in [5, 5.41) is 5.84. The first-order chi connectivity index (χ1) is 8.69. The molecule has 5 nitrogen and oxygen atoms in total. The van der Waals surface area contributed by atoms with E-state index in [0.29, 0.717) is 17.9 Å². The van der Waals surface area contributed by atoms with Crippen molar-refractivity contribution >= 4 is 11.7 Å². The van der Waals surface area contributed by atoms with Crippen LogP contribution < -0.4 is 10.6 Å². The molecule has 1 fully saturated rings. The van der Waals surface area contributed by atoms with Gasteiger partial charge in [0, 0.05) is 31.5 Å². The normalized spacial score (nSPS) is 18.7. The first kappa shape index (κ1) is 12.8. The molecule has 1 aliphatic rings. The van der Waals surface area contributed by atoms with Gasteiger partial charge in [-0.2, -0.15) is 0 Å². The van der Waals surface area contributed by atoms with E-state index < -0.39 is 0 Å². The van der Waals surface area contributed by atoms with Crippen LogP contribution in [0, 0.1) is 6.92 Å². The summed E-state index contributed by atoms with van der Waals surface area (Å²) in [6.07, 6.45) is 2.27. The highest BCUT2D eigenvalue weighted by Crippen LogP contribution is 2.12. The van der Waals surface area contributed by atoms with Crippen molar-refractivity contribution in [3.8, 4) is 0 Å². The molecule has 1 unspecified atom stereocenters. The zero-order valence-electron chi connectivity index (χ0n) is 10.8. The number of nitrogens with one attached hydrogen (secondary N) is 2. The molecule has 2 heterocycles. The summed E-state index contributed by atoms with van der Waals surface area (Å²) in [5.41, 5.74) is 1.45. The van der Waals surface area contributed by atoms with Crippen LogP contribution in [0.3, 0.4) is 0 Å². The van der Waals surface area contributed by atoms with Crippen LogP contribution in [0.5, 0.6) is 0 Å². The number of carbonyl (C=O) groups excluding carboxylic acids is 1. The molecule has 18 heavy (non-hydrogen) atoms. The molecule has 0 bridgehead atoms. The third kappa shape index (κ3) is 3.20. The molecular weight excluding hydrogens is 230 g/mol. The lowest BCUT2D eigenvalue weighted by molar-refractivity contribution is 0.0857. The predicted octanol–water partition coefficient (Wildman–Crippen LogP) is 1.34. The van der Waals surface area contributed by atoms with Crippen molar-refractivity contribution < 1.29 is 9.53 Å². The molecule has 1 aromatic rings. The second kappa shape index (κ2) is 5.82. The van der Waals surface area contributed by atoms with E-state index in [1.807, 2.05) is 6.92 Å². The van der Waals surface area contributed by atoms with Crippen molar-refractivity contribution in [2.75, 3.05) is 25.5 Å². The molecule has 0 aliphatic carbocycles. The topological polar surface area (TPSA) is 63.2 Å². The Kier molecular flexibility index (Phi) is 4.15. The van der Waals surface area contributed by atoms with Gasteiger partial charge in [-0.05, 0) is 31.9 Å². The maximum atomic E-state index is 12.0. The van der Waals surface area contributed by atoms with E-state index in [-0.39, 0.29) is 12.0 Å². The van der Waals surface area contributed by atoms with E-state index in [9.17, 15) is 4.79 Å². The molecule has 1 amide bonds. The predicted molar refractivity (Wildman–Crippen MR) is 69.8 cm³/mol. The van der Waals surface area contributed by atoms with Gasteiger partial charge in [-0.25, -0.2) is 4.98 Å². The number of amides is 1. The number of ether oxygens (including phenoxy) is 1. The lowest BCUT2D eigenvalue weighted by atomic mass is 10.2. The van der Waals surface area contributed by atoms with Crippen LogP contribution in [0.2, 0.25) is 0 Å². The molecule has 5 heteroatoms. The first-order valence-electron chi connectivity index (χ1n) is 6.25. The molecule has 0 saturated carbocycles. The quantitative estimate of drug-likeness (QED) is 0.845. The summed E-state index contributed by atoms with van der Waals surface area (Å²) < 4.78 is 5.47. The second-order valence-corrected chi connectivity index (χ2v) is 4.48. The molecule has 2 rings (SSSR count). The van der Waals surface area contributed by atoms with Gasteiger partial charge in [-0.15, -0.1) is 0 Å². The molecule has 1 saturated heterocycles. The maximum absolute atomic E-state index is 12.0. The highest BCUT2D eigenvalue weighted by Gasteiger charge is 2.17. The average Bonchev–Trinajstić information content (AvgIpc) is 2.88. The number of aromatic nitrogens is 1. The Morgan fingerprint density at radius 2 is 2.39 bits per heavy atom. The fourth-order valence-electron chi connectivity index (χ4n) is 2.04. The van der Waals surface area contributed by atoms with Crippen LogP contribution in [0.1, 0.15) is 28.9 Å². The highest BCUT2D eigenvalue weighted by atomic mass is 16.5. The van der Waals surface area contributed by atoms with Crippen molar-refractivity contribution in [1.29, 1.82) is 0 Å². The van der Waals surface area contributed by atoms with Crippen molar-refractivity contribution in [3.05, 3.63) is 23.4 Å². The number of pyridine rings is 1. The summed E-state index contributed by atoms with van der Waals surface area (Å²) in [4.78, 5) is 16.3. The Labute approximate surface area is 107 Å². The summed E-state index contributed by atoms with van der Waals surface area (Å²) in [5.74, 6) is 0.629. The second-order valence-electron chi connectivity index (χ2n) is 4.48. The lowest BCUT2D eigenvalue weighted by Gasteiger charge is -2.11. The van der Waals surface area contributed by atoms with E-state index in [1.54, 1.807) is 19.2 Å². The molecule has 1 aliphatic heterocycles. The van der Waals surface area contributed by atoms with E-state index >= 15 is 0 Å². The molecule has 0 aromatic carbocycles. The Bertz CT molecular complexity index is 428. The van der Waals surface area contributed by atoms with Crippen LogP contribution in [0.25, 0.3) is 0 Å². The molecular formula is C13H19N3O2. The minimum atomic E-state index is -0.0764. The lowest BCUT2D eigenvalue weighted by Crippen LogP contribution is -2.31. The number of carbonyl (C=O) groups is 1. The maximum Gasteiger partial charge on any atom is 0.251 e. The number of hydrogen-bond acceptors (Lipinski definition) is 4. The van der Waals surface area contributed by atoms with E-state index in [4.69, 9.17) is 4.74 Å². The Morgan fingerprint density at radius 1 is 1.56 bits per heavy atom. The van der Waals surface area contributed by atoms with E-state index in [2.05, 4.69) is 15.6 Å². The molecule has 0 spiro atoms. The van der Waals surface area contributed by atoms with Crippen LogP contribution in [0.15, 0.2) is 12.1 Å². The number of aryl methyl sites for hydroxylation is 1. The van der Waals surface area contributed by atoms with Gasteiger partial charge in [0.2, 0.25) is 0 Å². The number of rotatable bonds is 4. The van der Waals surface area contributed by atoms with Gasteiger partial charge in [0.25, 0.3) is 5.91 Å². The van der Waals surface area contributed by atoms with Crippen LogP contribution in [-0.2, 0) is 4.74 Å². The van der Waals surface area contributed by atoms with Gasteiger partial charge in [0.05, 0.1) is 6.10 Å². The zero-order chi connectivity index (χ0) is 13.0. The molecule has 2 N–H and O–H groups in total. The largest absolute Gasteiger partial charge is 0.376 e. The summed E-state index contributed by atoms with van der Waals surface area (Å²) in [6.45, 7) is 3.26. The van der Waals surface area contributed by atoms with Crippen LogP contribution in [-0.4, -0.2) is 37.2 Å². The van der Waals surface area contributed by atoms with E-state index in [1.165, 1.54) is 0 Å². The van der Waals surface area contributed by atoms with Crippen molar-refractivity contribution in [3.63, 3.8) is 0 Å². The zero-order valence-corrected chi connectivity index (χ0v) is 10.8. The summed E-state index contributed by atoms with van der Waals surface area (Å²) >= 11 is 0. The number of anilines is 1. The van der Waals surface area contributed by atoms with Crippen LogP contribution >= 0.6 is 0 Å². The monoisotopic (exact) mass is 249 g/mol. The van der Waals surface area contributed by atoms with Gasteiger partial charge in [0.1, 0.15) is 5.82 Å². The standard InChI is InChI=1S/C13H19N3O2/c1-9-6-10(7-12(14-2)16-9)13(17)15-8-11-4-3-5-18-11/h6-7,11H,3-5,8H2,1-2H3,(H,14,16)(H,15,17). The van der Waals surface area contributed by atoms with Gasteiger partial charge in [-0.3, -0.25) is 4.79 Å². The average molecular weight is 249 g/mol. The van der Waals surface area contributed by atoms with Crippen molar-refractivity contribution in [2.45, 2.75) is 25.9 Å². The smallest absolute Gasteiger partial charge is 0.251 e. The Balaban J connectivity index is 1.97. The molecule has 0 radical (unpaired) electrons. The summed E-state index contributed by atoms with van der Waals surface area (Å²) in [6, 6.07) is 3.53. The minimum absolute atomic E-state index is 0.0764. The third-order valence-corrected chi connectivity index (χ3v) is 2.99. The van der Waals surface area contributed by atoms with E-state index in [0.717, 1.165) is 25.1 Å². The van der Waals surface area contributed by atoms with Gasteiger partial charge < -0.3 is 15.4 Å². The molecule has 98 valence electrons. The first-order valence-corrected chi connectivity index (χ1v) is 6.25. The van der Waals surface area contributed by atoms with Gasteiger partial charge in [-0.1, -0.05) is 0 Å². The van der Waals surface area contributed by atoms with Crippen LogP contribution in [0.4, 0.5) is 5.82 Å². The Hall–Kier alpha value is -1.62. The Morgan fingerprint density at radius 3 is 3.06 bits per heavy atom. The minimum Gasteiger partial charge on any atom is -0.376 e. The number of hydrogen-bond donors (Lipinski definition) is 2. The SMILES string of the molecule is CNc1cc(C(=O)NCC2CCCO2)cc(C)n1. The van der Waals surface area contributed by atoms with Gasteiger partial charge in [0.15, 0.2) is 0 Å². The third-order valence-electron chi connectivity index (χ3n) is 2.99. The van der Waals surface area contributed by atoms with Crippen molar-refractivity contribution in [2.24, 2.45) is 0 Å². The van der Waals surface area contributed by atoms with Gasteiger partial charge >= 0.3 is 0 Å². The highest BCUT2D eigenvalue weighted by molar-refractivity contribution is 5.95. The number of nitrogens with zero attached hydrogens (tertiary/aromatic N) is 1. The summed E-state index contributed by atoms with van der Waals surface area (Å²) in [7, 11) is 1.79. The molecule has 1 aromatic heterocycles. The molecule has 1 atom stereocenters.